The summed E-state index contributed by atoms with van der Waals surface area (Å²) in [7, 11) is 0. The summed E-state index contributed by atoms with van der Waals surface area (Å²) in [6.45, 7) is 6.73. The molecule has 168 valence electrons. The average molecular weight is 423 g/mol. The van der Waals surface area contributed by atoms with Crippen LogP contribution in [-0.2, 0) is 11.3 Å². The van der Waals surface area contributed by atoms with Crippen molar-refractivity contribution in [3.05, 3.63) is 48.4 Å². The third kappa shape index (κ3) is 5.39. The van der Waals surface area contributed by atoms with Crippen molar-refractivity contribution in [1.29, 1.82) is 0 Å². The monoisotopic (exact) mass is 422 g/mol. The highest BCUT2D eigenvalue weighted by Gasteiger charge is 2.29. The SMILES string of the molecule is c1ccc(-n2cccc2CN(CC2CCN(C3CCCC3)CC2)C[C@H]2CCCO2)nc1. The lowest BCUT2D eigenvalue weighted by Gasteiger charge is -2.38. The van der Waals surface area contributed by atoms with Gasteiger partial charge in [-0.05, 0) is 81.8 Å². The first-order valence-electron chi connectivity index (χ1n) is 12.5. The molecule has 0 amide bonds. The molecule has 5 heteroatoms. The molecule has 0 N–H and O–H groups in total. The molecule has 2 aromatic rings. The molecule has 1 atom stereocenters. The Kier molecular flexibility index (Phi) is 7.02. The molecule has 2 saturated heterocycles. The predicted octanol–water partition coefficient (Wildman–Crippen LogP) is 4.51. The number of aromatic nitrogens is 2. The van der Waals surface area contributed by atoms with Gasteiger partial charge >= 0.3 is 0 Å². The Balaban J connectivity index is 1.23. The Bertz CT molecular complexity index is 787. The highest BCUT2D eigenvalue weighted by Crippen LogP contribution is 2.29. The Labute approximate surface area is 187 Å². The Morgan fingerprint density at radius 1 is 0.935 bits per heavy atom. The van der Waals surface area contributed by atoms with E-state index in [0.717, 1.165) is 37.5 Å². The number of pyridine rings is 1. The fourth-order valence-corrected chi connectivity index (χ4v) is 5.91. The number of rotatable bonds is 8. The first-order valence-corrected chi connectivity index (χ1v) is 12.5. The largest absolute Gasteiger partial charge is 0.377 e. The van der Waals surface area contributed by atoms with Crippen LogP contribution in [0.1, 0.15) is 57.1 Å². The lowest BCUT2D eigenvalue weighted by atomic mass is 9.94. The van der Waals surface area contributed by atoms with Crippen molar-refractivity contribution >= 4 is 0 Å². The van der Waals surface area contributed by atoms with Gasteiger partial charge in [0.05, 0.1) is 6.10 Å². The molecule has 3 aliphatic rings. The van der Waals surface area contributed by atoms with E-state index >= 15 is 0 Å². The topological polar surface area (TPSA) is 33.5 Å². The summed E-state index contributed by atoms with van der Waals surface area (Å²) >= 11 is 0. The van der Waals surface area contributed by atoms with E-state index in [9.17, 15) is 0 Å². The number of hydrogen-bond acceptors (Lipinski definition) is 4. The molecule has 5 rings (SSSR count). The maximum absolute atomic E-state index is 6.02. The van der Waals surface area contributed by atoms with E-state index in [1.54, 1.807) is 0 Å². The van der Waals surface area contributed by atoms with Gasteiger partial charge in [-0.15, -0.1) is 0 Å². The predicted molar refractivity (Wildman–Crippen MR) is 124 cm³/mol. The molecule has 1 saturated carbocycles. The van der Waals surface area contributed by atoms with Crippen LogP contribution in [0.4, 0.5) is 0 Å². The minimum Gasteiger partial charge on any atom is -0.377 e. The summed E-state index contributed by atoms with van der Waals surface area (Å²) in [6.07, 6.45) is 15.3. The summed E-state index contributed by atoms with van der Waals surface area (Å²) in [5.41, 5.74) is 1.32. The van der Waals surface area contributed by atoms with Crippen molar-refractivity contribution in [2.75, 3.05) is 32.8 Å². The van der Waals surface area contributed by atoms with Gasteiger partial charge in [0.1, 0.15) is 5.82 Å². The molecule has 1 aliphatic carbocycles. The summed E-state index contributed by atoms with van der Waals surface area (Å²) in [6, 6.07) is 11.4. The number of ether oxygens (including phenoxy) is 1. The number of likely N-dealkylation sites (tertiary alicyclic amines) is 1. The zero-order chi connectivity index (χ0) is 20.9. The van der Waals surface area contributed by atoms with Crippen LogP contribution >= 0.6 is 0 Å². The van der Waals surface area contributed by atoms with Crippen molar-refractivity contribution in [3.8, 4) is 5.82 Å². The molecular weight excluding hydrogens is 384 g/mol. The van der Waals surface area contributed by atoms with Crippen LogP contribution in [0.2, 0.25) is 0 Å². The molecule has 2 aliphatic heterocycles. The maximum atomic E-state index is 6.02. The molecule has 0 radical (unpaired) electrons. The molecule has 5 nitrogen and oxygen atoms in total. The summed E-state index contributed by atoms with van der Waals surface area (Å²) < 4.78 is 8.26. The van der Waals surface area contributed by atoms with Crippen LogP contribution in [-0.4, -0.2) is 64.3 Å². The molecule has 3 fully saturated rings. The molecule has 4 heterocycles. The number of hydrogen-bond donors (Lipinski definition) is 0. The fraction of sp³-hybridized carbons (Fsp3) is 0.654. The zero-order valence-electron chi connectivity index (χ0n) is 18.9. The fourth-order valence-electron chi connectivity index (χ4n) is 5.91. The highest BCUT2D eigenvalue weighted by atomic mass is 16.5. The van der Waals surface area contributed by atoms with Crippen LogP contribution in [0.5, 0.6) is 0 Å². The van der Waals surface area contributed by atoms with Crippen molar-refractivity contribution in [1.82, 2.24) is 19.4 Å². The molecular formula is C26H38N4O. The normalized spacial score (nSPS) is 23.8. The van der Waals surface area contributed by atoms with Crippen LogP contribution in [0, 0.1) is 5.92 Å². The van der Waals surface area contributed by atoms with Gasteiger partial charge in [0.2, 0.25) is 0 Å². The van der Waals surface area contributed by atoms with Crippen LogP contribution < -0.4 is 0 Å². The van der Waals surface area contributed by atoms with Crippen molar-refractivity contribution in [3.63, 3.8) is 0 Å². The van der Waals surface area contributed by atoms with E-state index in [2.05, 4.69) is 49.8 Å². The quantitative estimate of drug-likeness (QED) is 0.627. The molecule has 0 aromatic carbocycles. The molecule has 31 heavy (non-hydrogen) atoms. The van der Waals surface area contributed by atoms with E-state index in [4.69, 9.17) is 4.74 Å². The van der Waals surface area contributed by atoms with Crippen molar-refractivity contribution in [2.24, 2.45) is 5.92 Å². The smallest absolute Gasteiger partial charge is 0.136 e. The van der Waals surface area contributed by atoms with Gasteiger partial charge < -0.3 is 14.2 Å². The number of nitrogens with zero attached hydrogens (tertiary/aromatic N) is 4. The van der Waals surface area contributed by atoms with Crippen molar-refractivity contribution in [2.45, 2.75) is 70.1 Å². The summed E-state index contributed by atoms with van der Waals surface area (Å²) in [5, 5.41) is 0. The first-order chi connectivity index (χ1) is 15.3. The summed E-state index contributed by atoms with van der Waals surface area (Å²) in [5.74, 6) is 1.81. The Morgan fingerprint density at radius 3 is 2.55 bits per heavy atom. The second-order valence-electron chi connectivity index (χ2n) is 9.80. The van der Waals surface area contributed by atoms with E-state index < -0.39 is 0 Å². The van der Waals surface area contributed by atoms with Gasteiger partial charge in [-0.2, -0.15) is 0 Å². The summed E-state index contributed by atoms with van der Waals surface area (Å²) in [4.78, 5) is 10.0. The zero-order valence-corrected chi connectivity index (χ0v) is 18.9. The standard InChI is InChI=1S/C26H38N4O/c1-2-8-23(7-1)29-16-12-22(13-17-29)19-28(21-25-10-6-18-31-25)20-24-9-5-15-30(24)26-11-3-4-14-27-26/h3-5,9,11,14-15,22-23,25H,1-2,6-8,10,12-13,16-21H2/t25-/m1/s1. The van der Waals surface area contributed by atoms with Crippen molar-refractivity contribution < 1.29 is 4.74 Å². The van der Waals surface area contributed by atoms with E-state index in [0.29, 0.717) is 6.10 Å². The van der Waals surface area contributed by atoms with Gasteiger partial charge in [-0.1, -0.05) is 18.9 Å². The molecule has 0 bridgehead atoms. The molecule has 0 spiro atoms. The van der Waals surface area contributed by atoms with E-state index in [1.807, 2.05) is 12.3 Å². The average Bonchev–Trinajstić information content (AvgIpc) is 3.58. The van der Waals surface area contributed by atoms with Gasteiger partial charge in [0.25, 0.3) is 0 Å². The maximum Gasteiger partial charge on any atom is 0.136 e. The van der Waals surface area contributed by atoms with E-state index in [-0.39, 0.29) is 0 Å². The van der Waals surface area contributed by atoms with Gasteiger partial charge in [0.15, 0.2) is 0 Å². The minimum atomic E-state index is 0.400. The lowest BCUT2D eigenvalue weighted by Crippen LogP contribution is -2.43. The Morgan fingerprint density at radius 2 is 1.81 bits per heavy atom. The second kappa shape index (κ2) is 10.3. The first kappa shape index (κ1) is 21.2. The molecule has 0 unspecified atom stereocenters. The van der Waals surface area contributed by atoms with E-state index in [1.165, 1.54) is 76.7 Å². The number of piperidine rings is 1. The van der Waals surface area contributed by atoms with Crippen LogP contribution in [0.3, 0.4) is 0 Å². The van der Waals surface area contributed by atoms with Crippen LogP contribution in [0.25, 0.3) is 5.82 Å². The lowest BCUT2D eigenvalue weighted by molar-refractivity contribution is 0.0533. The second-order valence-corrected chi connectivity index (χ2v) is 9.80. The minimum absolute atomic E-state index is 0.400. The van der Waals surface area contributed by atoms with Gasteiger partial charge in [0, 0.05) is 50.4 Å². The van der Waals surface area contributed by atoms with Gasteiger partial charge in [-0.3, -0.25) is 4.90 Å². The van der Waals surface area contributed by atoms with Crippen LogP contribution in [0.15, 0.2) is 42.7 Å². The molecule has 2 aromatic heterocycles. The highest BCUT2D eigenvalue weighted by molar-refractivity contribution is 5.27. The third-order valence-corrected chi connectivity index (χ3v) is 7.61. The third-order valence-electron chi connectivity index (χ3n) is 7.61. The Hall–Kier alpha value is -1.69. The van der Waals surface area contributed by atoms with Gasteiger partial charge in [-0.25, -0.2) is 4.98 Å².